The van der Waals surface area contributed by atoms with Crippen LogP contribution in [-0.2, 0) is 0 Å². The molecule has 0 saturated carbocycles. The van der Waals surface area contributed by atoms with Crippen molar-refractivity contribution in [1.29, 1.82) is 0 Å². The molecule has 1 aliphatic rings. The summed E-state index contributed by atoms with van der Waals surface area (Å²) in [6.07, 6.45) is 7.04. The summed E-state index contributed by atoms with van der Waals surface area (Å²) >= 11 is 0. The molecule has 1 heterocycles. The quantitative estimate of drug-likeness (QED) is 0.531. The van der Waals surface area contributed by atoms with Crippen LogP contribution in [0.2, 0.25) is 0 Å². The first-order valence-electron chi connectivity index (χ1n) is 6.15. The molecule has 0 aromatic carbocycles. The Balaban J connectivity index is 0.000000494. The maximum absolute atomic E-state index is 9.75. The maximum atomic E-state index is 9.75. The molecule has 0 N–H and O–H groups in total. The zero-order valence-electron chi connectivity index (χ0n) is 11.4. The lowest BCUT2D eigenvalue weighted by atomic mass is 10.00. The van der Waals surface area contributed by atoms with E-state index in [-0.39, 0.29) is 0 Å². The minimum atomic E-state index is -6.00. The van der Waals surface area contributed by atoms with Crippen molar-refractivity contribution < 1.29 is 17.3 Å². The Hall–Kier alpha value is -0.935. The molecule has 106 valence electrons. The molecule has 1 unspecified atom stereocenters. The third-order valence-electron chi connectivity index (χ3n) is 3.03. The largest absolute Gasteiger partial charge is 0.673 e. The second-order valence-corrected chi connectivity index (χ2v) is 4.44. The second kappa shape index (κ2) is 7.49. The highest BCUT2D eigenvalue weighted by molar-refractivity contribution is 6.50. The maximum Gasteiger partial charge on any atom is 0.673 e. The van der Waals surface area contributed by atoms with Crippen LogP contribution in [0.4, 0.5) is 17.3 Å². The van der Waals surface area contributed by atoms with E-state index in [1.54, 1.807) is 0 Å². The molecular formula is C12H21BF4N-. The number of hydrogen-bond acceptors (Lipinski definition) is 1. The summed E-state index contributed by atoms with van der Waals surface area (Å²) in [5, 5.41) is 0. The first-order chi connectivity index (χ1) is 8.16. The predicted octanol–water partition coefficient (Wildman–Crippen LogP) is 4.64. The van der Waals surface area contributed by atoms with Crippen LogP contribution in [0.5, 0.6) is 0 Å². The predicted molar refractivity (Wildman–Crippen MR) is 68.8 cm³/mol. The molecular weight excluding hydrogens is 245 g/mol. The van der Waals surface area contributed by atoms with Gasteiger partial charge in [0.2, 0.25) is 0 Å². The lowest BCUT2D eigenvalue weighted by Crippen LogP contribution is -2.32. The standard InChI is InChI=1S/C12H21N.BF4/c1-5-6-8-13-9-7-10(2)11(3)12(13)4;2-1(3,4)5/h7,9,12H,5-6,8H2,1-4H3;/q;-1. The van der Waals surface area contributed by atoms with Crippen LogP contribution in [0.1, 0.15) is 40.5 Å². The van der Waals surface area contributed by atoms with Gasteiger partial charge in [0.1, 0.15) is 0 Å². The molecule has 0 aliphatic carbocycles. The van der Waals surface area contributed by atoms with E-state index in [1.807, 2.05) is 0 Å². The summed E-state index contributed by atoms with van der Waals surface area (Å²) in [6.45, 7) is 10.2. The van der Waals surface area contributed by atoms with E-state index in [0.717, 1.165) is 0 Å². The van der Waals surface area contributed by atoms with Crippen LogP contribution in [-0.4, -0.2) is 24.7 Å². The van der Waals surface area contributed by atoms with Crippen molar-refractivity contribution in [1.82, 2.24) is 4.90 Å². The molecule has 0 bridgehead atoms. The van der Waals surface area contributed by atoms with Gasteiger partial charge in [-0.25, -0.2) is 0 Å². The number of allylic oxidation sites excluding steroid dienone is 2. The molecule has 0 fully saturated rings. The molecule has 0 spiro atoms. The van der Waals surface area contributed by atoms with Gasteiger partial charge in [0.15, 0.2) is 0 Å². The van der Waals surface area contributed by atoms with Crippen LogP contribution < -0.4 is 0 Å². The van der Waals surface area contributed by atoms with E-state index in [4.69, 9.17) is 0 Å². The summed E-state index contributed by atoms with van der Waals surface area (Å²) in [5.41, 5.74) is 2.94. The monoisotopic (exact) mass is 266 g/mol. The fourth-order valence-corrected chi connectivity index (χ4v) is 1.66. The third-order valence-corrected chi connectivity index (χ3v) is 3.03. The SMILES string of the molecule is CCCCN1C=CC(C)=C(C)C1C.F[B-](F)(F)F. The number of rotatable bonds is 3. The number of hydrogen-bond donors (Lipinski definition) is 0. The molecule has 0 amide bonds. The Labute approximate surface area is 107 Å². The van der Waals surface area contributed by atoms with Gasteiger partial charge in [-0.15, -0.1) is 0 Å². The van der Waals surface area contributed by atoms with Crippen molar-refractivity contribution in [2.45, 2.75) is 46.6 Å². The van der Waals surface area contributed by atoms with Gasteiger partial charge in [-0.2, -0.15) is 0 Å². The smallest absolute Gasteiger partial charge is 0.418 e. The Morgan fingerprint density at radius 2 is 1.72 bits per heavy atom. The molecule has 18 heavy (non-hydrogen) atoms. The van der Waals surface area contributed by atoms with E-state index in [0.29, 0.717) is 6.04 Å². The average molecular weight is 266 g/mol. The van der Waals surface area contributed by atoms with Gasteiger partial charge >= 0.3 is 7.25 Å². The van der Waals surface area contributed by atoms with Crippen molar-refractivity contribution >= 4 is 7.25 Å². The van der Waals surface area contributed by atoms with Crippen molar-refractivity contribution in [3.8, 4) is 0 Å². The zero-order valence-corrected chi connectivity index (χ0v) is 11.4. The van der Waals surface area contributed by atoms with Crippen LogP contribution in [0.15, 0.2) is 23.4 Å². The lowest BCUT2D eigenvalue weighted by Gasteiger charge is -2.32. The highest BCUT2D eigenvalue weighted by atomic mass is 19.5. The van der Waals surface area contributed by atoms with Gasteiger partial charge in [0.05, 0.1) is 0 Å². The van der Waals surface area contributed by atoms with Crippen molar-refractivity contribution in [2.75, 3.05) is 6.54 Å². The van der Waals surface area contributed by atoms with E-state index in [2.05, 4.69) is 44.9 Å². The normalized spacial score (nSPS) is 19.8. The van der Waals surface area contributed by atoms with Gasteiger partial charge in [-0.3, -0.25) is 0 Å². The van der Waals surface area contributed by atoms with Gasteiger partial charge in [-0.05, 0) is 50.6 Å². The minimum absolute atomic E-state index is 0.594. The number of halogens is 4. The summed E-state index contributed by atoms with van der Waals surface area (Å²) in [5.74, 6) is 0. The summed E-state index contributed by atoms with van der Waals surface area (Å²) < 4.78 is 39.0. The number of unbranched alkanes of at least 4 members (excludes halogenated alkanes) is 1. The van der Waals surface area contributed by atoms with E-state index >= 15 is 0 Å². The first kappa shape index (κ1) is 17.1. The third kappa shape index (κ3) is 7.40. The molecule has 0 aromatic rings. The molecule has 0 radical (unpaired) electrons. The van der Waals surface area contributed by atoms with E-state index < -0.39 is 7.25 Å². The van der Waals surface area contributed by atoms with E-state index in [9.17, 15) is 17.3 Å². The van der Waals surface area contributed by atoms with Crippen molar-refractivity contribution in [3.05, 3.63) is 23.4 Å². The van der Waals surface area contributed by atoms with Gasteiger partial charge < -0.3 is 22.2 Å². The minimum Gasteiger partial charge on any atom is -0.418 e. The van der Waals surface area contributed by atoms with Crippen LogP contribution in [0.25, 0.3) is 0 Å². The molecule has 0 saturated heterocycles. The fraction of sp³-hybridized carbons (Fsp3) is 0.667. The van der Waals surface area contributed by atoms with Gasteiger partial charge in [-0.1, -0.05) is 13.3 Å². The van der Waals surface area contributed by atoms with E-state index in [1.165, 1.54) is 30.5 Å². The fourth-order valence-electron chi connectivity index (χ4n) is 1.66. The topological polar surface area (TPSA) is 3.24 Å². The molecule has 0 aromatic heterocycles. The second-order valence-electron chi connectivity index (χ2n) is 4.44. The van der Waals surface area contributed by atoms with Crippen LogP contribution in [0, 0.1) is 0 Å². The summed E-state index contributed by atoms with van der Waals surface area (Å²) in [4.78, 5) is 2.44. The Kier molecular flexibility index (Phi) is 7.10. The van der Waals surface area contributed by atoms with Gasteiger partial charge in [0, 0.05) is 12.6 Å². The average Bonchev–Trinajstić information content (AvgIpc) is 2.23. The van der Waals surface area contributed by atoms with Crippen molar-refractivity contribution in [3.63, 3.8) is 0 Å². The Morgan fingerprint density at radius 3 is 2.17 bits per heavy atom. The highest BCUT2D eigenvalue weighted by Crippen LogP contribution is 2.21. The lowest BCUT2D eigenvalue weighted by molar-refractivity contribution is 0.313. The summed E-state index contributed by atoms with van der Waals surface area (Å²) in [7, 11) is -6.00. The Morgan fingerprint density at radius 1 is 1.22 bits per heavy atom. The molecule has 1 aliphatic heterocycles. The zero-order chi connectivity index (χ0) is 14.3. The number of nitrogens with zero attached hydrogens (tertiary/aromatic N) is 1. The van der Waals surface area contributed by atoms with Crippen LogP contribution in [0.3, 0.4) is 0 Å². The van der Waals surface area contributed by atoms with Crippen LogP contribution >= 0.6 is 0 Å². The highest BCUT2D eigenvalue weighted by Gasteiger charge is 2.20. The first-order valence-corrected chi connectivity index (χ1v) is 6.15. The Bertz CT molecular complexity index is 304. The summed E-state index contributed by atoms with van der Waals surface area (Å²) in [6, 6.07) is 0.594. The molecule has 1 nitrogen and oxygen atoms in total. The molecule has 1 atom stereocenters. The molecule has 6 heteroatoms. The van der Waals surface area contributed by atoms with Gasteiger partial charge in [0.25, 0.3) is 0 Å². The van der Waals surface area contributed by atoms with Crippen molar-refractivity contribution in [2.24, 2.45) is 0 Å². The molecule has 1 rings (SSSR count).